The predicted octanol–water partition coefficient (Wildman–Crippen LogP) is 1.75. The zero-order valence-corrected chi connectivity index (χ0v) is 19.4. The number of rotatable bonds is 4. The molecule has 0 radical (unpaired) electrons. The van der Waals surface area contributed by atoms with Gasteiger partial charge >= 0.3 is 6.03 Å². The minimum absolute atomic E-state index is 0.0845. The van der Waals surface area contributed by atoms with Gasteiger partial charge in [0.05, 0.1) is 37.6 Å². The van der Waals surface area contributed by atoms with E-state index < -0.39 is 0 Å². The molecule has 7 rings (SSSR count). The van der Waals surface area contributed by atoms with Gasteiger partial charge in [-0.05, 0) is 25.3 Å². The number of hydrogen-bond donors (Lipinski definition) is 0. The molecule has 0 spiro atoms. The number of urea groups is 1. The van der Waals surface area contributed by atoms with Crippen LogP contribution in [0.25, 0.3) is 16.6 Å². The van der Waals surface area contributed by atoms with Crippen molar-refractivity contribution in [1.82, 2.24) is 34.1 Å². The molecule has 180 valence electrons. The largest absolute Gasteiger partial charge is 0.494 e. The summed E-state index contributed by atoms with van der Waals surface area (Å²) < 4.78 is 9.16. The number of fused-ring (bicyclic) bond motifs is 3. The molecule has 0 N–H and O–H groups in total. The first kappa shape index (κ1) is 21.5. The molecule has 2 bridgehead atoms. The highest BCUT2D eigenvalue weighted by atomic mass is 16.5. The first-order chi connectivity index (χ1) is 17.1. The molecule has 2 unspecified atom stereocenters. The fourth-order valence-corrected chi connectivity index (χ4v) is 5.66. The van der Waals surface area contributed by atoms with E-state index in [9.17, 15) is 14.9 Å². The molecule has 11 nitrogen and oxygen atoms in total. The second-order valence-corrected chi connectivity index (χ2v) is 9.47. The summed E-state index contributed by atoms with van der Waals surface area (Å²) in [5, 5.41) is 18.2. The number of nitrogens with zero attached hydrogens (tertiary/aromatic N) is 8. The van der Waals surface area contributed by atoms with E-state index in [1.165, 1.54) is 6.20 Å². The van der Waals surface area contributed by atoms with Gasteiger partial charge in [-0.1, -0.05) is 0 Å². The molecule has 0 saturated carbocycles. The molecule has 2 atom stereocenters. The van der Waals surface area contributed by atoms with Crippen LogP contribution in [0.4, 0.5) is 4.79 Å². The van der Waals surface area contributed by atoms with Gasteiger partial charge in [-0.3, -0.25) is 9.48 Å². The van der Waals surface area contributed by atoms with Crippen molar-refractivity contribution in [2.45, 2.75) is 37.4 Å². The van der Waals surface area contributed by atoms with Gasteiger partial charge in [0.1, 0.15) is 22.9 Å². The van der Waals surface area contributed by atoms with Gasteiger partial charge in [-0.15, -0.1) is 0 Å². The van der Waals surface area contributed by atoms with Crippen LogP contribution in [0, 0.1) is 11.3 Å². The molecule has 11 heteroatoms. The van der Waals surface area contributed by atoms with Gasteiger partial charge in [0.15, 0.2) is 0 Å². The highest BCUT2D eigenvalue weighted by Crippen LogP contribution is 2.33. The van der Waals surface area contributed by atoms with E-state index in [-0.39, 0.29) is 24.2 Å². The highest BCUT2D eigenvalue weighted by Gasteiger charge is 2.46. The molecule has 35 heavy (non-hydrogen) atoms. The quantitative estimate of drug-likeness (QED) is 0.533. The molecule has 4 aliphatic rings. The lowest BCUT2D eigenvalue weighted by Crippen LogP contribution is -2.70. The SMILES string of the molecule is COc1cc(-c2cnn(C3CCN(C(=O)N4CC5CC(C4)N5C=O)CC3)c2)cn2ncc(C#N)c12. The van der Waals surface area contributed by atoms with Crippen molar-refractivity contribution >= 4 is 18.0 Å². The molecule has 3 amide bonds. The van der Waals surface area contributed by atoms with E-state index in [4.69, 9.17) is 4.74 Å². The Morgan fingerprint density at radius 1 is 1.09 bits per heavy atom. The van der Waals surface area contributed by atoms with Crippen molar-refractivity contribution in [2.24, 2.45) is 0 Å². The molecule has 4 aliphatic heterocycles. The minimum atomic E-state index is 0.0845. The maximum absolute atomic E-state index is 13.0. The van der Waals surface area contributed by atoms with Gasteiger partial charge in [0, 0.05) is 49.7 Å². The molecule has 0 aliphatic carbocycles. The van der Waals surface area contributed by atoms with E-state index in [0.717, 1.165) is 36.8 Å². The molecular formula is C24H26N8O3. The Morgan fingerprint density at radius 3 is 2.54 bits per heavy atom. The van der Waals surface area contributed by atoms with Crippen molar-refractivity contribution in [1.29, 1.82) is 5.26 Å². The van der Waals surface area contributed by atoms with Crippen LogP contribution in [0.2, 0.25) is 0 Å². The van der Waals surface area contributed by atoms with Crippen LogP contribution < -0.4 is 4.74 Å². The highest BCUT2D eigenvalue weighted by molar-refractivity contribution is 5.76. The van der Waals surface area contributed by atoms with Gasteiger partial charge in [-0.25, -0.2) is 9.31 Å². The second kappa shape index (κ2) is 8.30. The lowest BCUT2D eigenvalue weighted by molar-refractivity contribution is -0.137. The number of pyridine rings is 1. The zero-order valence-electron chi connectivity index (χ0n) is 19.4. The van der Waals surface area contributed by atoms with E-state index in [1.54, 1.807) is 11.6 Å². The number of piperidine rings is 2. The normalized spacial score (nSPS) is 22.1. The average molecular weight is 475 g/mol. The van der Waals surface area contributed by atoms with Crippen LogP contribution in [0.15, 0.2) is 30.9 Å². The number of carbonyl (C=O) groups is 2. The predicted molar refractivity (Wildman–Crippen MR) is 125 cm³/mol. The number of carbonyl (C=O) groups excluding carboxylic acids is 2. The topological polar surface area (TPSA) is 112 Å². The number of nitriles is 1. The Bertz CT molecular complexity index is 1320. The Balaban J connectivity index is 1.12. The van der Waals surface area contributed by atoms with Crippen molar-refractivity contribution < 1.29 is 14.3 Å². The third kappa shape index (κ3) is 3.48. The Kier molecular flexibility index (Phi) is 5.09. The number of ether oxygens (including phenoxy) is 1. The standard InChI is InChI=1S/C24H26N8O3/c1-35-22-6-16(11-32-23(22)17(8-25)9-27-32)18-10-26-31(12-18)19-2-4-28(5-3-19)24(34)29-13-20-7-21(14-29)30(20)15-33/h6,9-12,15,19-21H,2-5,7,13-14H2,1H3. The van der Waals surface area contributed by atoms with E-state index >= 15 is 0 Å². The van der Waals surface area contributed by atoms with Crippen LogP contribution in [-0.4, -0.2) is 91.9 Å². The van der Waals surface area contributed by atoms with Crippen molar-refractivity contribution in [2.75, 3.05) is 33.3 Å². The van der Waals surface area contributed by atoms with Gasteiger partial charge in [-0.2, -0.15) is 15.5 Å². The summed E-state index contributed by atoms with van der Waals surface area (Å²) in [5.41, 5.74) is 2.94. The van der Waals surface area contributed by atoms with E-state index in [0.29, 0.717) is 43.0 Å². The minimum Gasteiger partial charge on any atom is -0.494 e. The number of piperazine rings is 1. The number of methoxy groups -OCH3 is 1. The molecular weight excluding hydrogens is 448 g/mol. The third-order valence-electron chi connectivity index (χ3n) is 7.60. The first-order valence-electron chi connectivity index (χ1n) is 11.9. The summed E-state index contributed by atoms with van der Waals surface area (Å²) in [7, 11) is 1.58. The fraction of sp³-hybridized carbons (Fsp3) is 0.458. The van der Waals surface area contributed by atoms with Gasteiger partial charge < -0.3 is 19.4 Å². The molecule has 7 heterocycles. The summed E-state index contributed by atoms with van der Waals surface area (Å²) in [4.78, 5) is 29.8. The van der Waals surface area contributed by atoms with E-state index in [2.05, 4.69) is 16.3 Å². The van der Waals surface area contributed by atoms with Crippen LogP contribution in [0.5, 0.6) is 5.75 Å². The monoisotopic (exact) mass is 474 g/mol. The molecule has 3 aromatic rings. The third-order valence-corrected chi connectivity index (χ3v) is 7.60. The molecule has 0 aromatic carbocycles. The fourth-order valence-electron chi connectivity index (χ4n) is 5.66. The summed E-state index contributed by atoms with van der Waals surface area (Å²) in [6.07, 6.45) is 10.8. The average Bonchev–Trinajstić information content (AvgIpc) is 3.55. The van der Waals surface area contributed by atoms with E-state index in [1.807, 2.05) is 44.0 Å². The molecule has 4 saturated heterocycles. The van der Waals surface area contributed by atoms with Crippen molar-refractivity contribution in [3.8, 4) is 22.9 Å². The maximum atomic E-state index is 13.0. The Labute approximate surface area is 202 Å². The summed E-state index contributed by atoms with van der Waals surface area (Å²) in [6.45, 7) is 2.64. The number of hydrogen-bond acceptors (Lipinski definition) is 6. The summed E-state index contributed by atoms with van der Waals surface area (Å²) in [5.74, 6) is 0.586. The smallest absolute Gasteiger partial charge is 0.320 e. The van der Waals surface area contributed by atoms with Crippen LogP contribution in [-0.2, 0) is 4.79 Å². The lowest BCUT2D eigenvalue weighted by atomic mass is 9.88. The lowest BCUT2D eigenvalue weighted by Gasteiger charge is -2.55. The Hall–Kier alpha value is -4.07. The van der Waals surface area contributed by atoms with Gasteiger partial charge in [0.25, 0.3) is 0 Å². The molecule has 3 aromatic heterocycles. The number of aromatic nitrogens is 4. The molecule has 4 fully saturated rings. The van der Waals surface area contributed by atoms with Crippen molar-refractivity contribution in [3.05, 3.63) is 36.4 Å². The zero-order chi connectivity index (χ0) is 24.1. The first-order valence-corrected chi connectivity index (χ1v) is 11.9. The van der Waals surface area contributed by atoms with Crippen LogP contribution in [0.1, 0.15) is 30.9 Å². The van der Waals surface area contributed by atoms with Crippen molar-refractivity contribution in [3.63, 3.8) is 0 Å². The summed E-state index contributed by atoms with van der Waals surface area (Å²) >= 11 is 0. The van der Waals surface area contributed by atoms with Crippen LogP contribution >= 0.6 is 0 Å². The maximum Gasteiger partial charge on any atom is 0.320 e. The summed E-state index contributed by atoms with van der Waals surface area (Å²) in [6, 6.07) is 4.71. The second-order valence-electron chi connectivity index (χ2n) is 9.47. The van der Waals surface area contributed by atoms with Gasteiger partial charge in [0.2, 0.25) is 6.41 Å². The number of likely N-dealkylation sites (tertiary alicyclic amines) is 1. The Morgan fingerprint density at radius 2 is 1.86 bits per heavy atom. The number of amides is 3. The van der Waals surface area contributed by atoms with Crippen LogP contribution in [0.3, 0.4) is 0 Å².